The third kappa shape index (κ3) is 4.86. The van der Waals surface area contributed by atoms with E-state index in [4.69, 9.17) is 0 Å². The molecule has 0 bridgehead atoms. The van der Waals surface area contributed by atoms with Gasteiger partial charge in [0.05, 0.1) is 15.6 Å². The fraction of sp³-hybridized carbons (Fsp3) is 0.333. The van der Waals surface area contributed by atoms with Crippen molar-refractivity contribution in [2.24, 2.45) is 5.92 Å². The van der Waals surface area contributed by atoms with E-state index in [1.54, 1.807) is 13.0 Å². The molecule has 0 radical (unpaired) electrons. The summed E-state index contributed by atoms with van der Waals surface area (Å²) in [6, 6.07) is 9.21. The first-order valence-electron chi connectivity index (χ1n) is 8.12. The van der Waals surface area contributed by atoms with Gasteiger partial charge in [-0.15, -0.1) is 0 Å². The van der Waals surface area contributed by atoms with Crippen LogP contribution in [0.25, 0.3) is 0 Å². The van der Waals surface area contributed by atoms with Gasteiger partial charge in [0.25, 0.3) is 5.69 Å². The third-order valence-electron chi connectivity index (χ3n) is 4.16. The molecule has 0 saturated heterocycles. The van der Waals surface area contributed by atoms with Crippen molar-refractivity contribution in [3.05, 3.63) is 69.5 Å². The summed E-state index contributed by atoms with van der Waals surface area (Å²) in [7, 11) is -3.74. The van der Waals surface area contributed by atoms with Crippen LogP contribution in [0.3, 0.4) is 0 Å². The quantitative estimate of drug-likeness (QED) is 0.430. The van der Waals surface area contributed by atoms with Gasteiger partial charge in [-0.25, -0.2) is 12.8 Å². The molecule has 0 aliphatic carbocycles. The number of hydrogen-bond acceptors (Lipinski definition) is 5. The number of nitro groups is 1. The Balaban J connectivity index is 2.42. The minimum absolute atomic E-state index is 0.0164. The monoisotopic (exact) mass is 381 g/mol. The molecule has 0 aliphatic heterocycles. The summed E-state index contributed by atoms with van der Waals surface area (Å²) in [4.78, 5) is 10.3. The van der Waals surface area contributed by atoms with E-state index in [9.17, 15) is 28.0 Å². The number of rotatable bonds is 8. The van der Waals surface area contributed by atoms with Gasteiger partial charge in [0.1, 0.15) is 5.82 Å². The van der Waals surface area contributed by atoms with Crippen LogP contribution in [-0.2, 0) is 16.3 Å². The van der Waals surface area contributed by atoms with Gasteiger partial charge >= 0.3 is 0 Å². The van der Waals surface area contributed by atoms with Crippen molar-refractivity contribution in [1.82, 2.24) is 0 Å². The topological polar surface area (TPSA) is 97.5 Å². The highest BCUT2D eigenvalue weighted by molar-refractivity contribution is 7.91. The lowest BCUT2D eigenvalue weighted by molar-refractivity contribution is -0.384. The predicted octanol–water partition coefficient (Wildman–Crippen LogP) is 3.12. The second-order valence-electron chi connectivity index (χ2n) is 6.09. The number of benzene rings is 2. The van der Waals surface area contributed by atoms with Gasteiger partial charge < -0.3 is 5.11 Å². The van der Waals surface area contributed by atoms with Crippen molar-refractivity contribution in [1.29, 1.82) is 0 Å². The summed E-state index contributed by atoms with van der Waals surface area (Å²) < 4.78 is 39.1. The van der Waals surface area contributed by atoms with E-state index < -0.39 is 26.5 Å². The molecule has 0 spiro atoms. The van der Waals surface area contributed by atoms with Gasteiger partial charge in [0.2, 0.25) is 0 Å². The molecular formula is C18H20FNO5S. The maximum atomic E-state index is 13.7. The number of aliphatic hydroxyl groups is 1. The molecule has 2 aromatic carbocycles. The molecule has 26 heavy (non-hydrogen) atoms. The van der Waals surface area contributed by atoms with E-state index in [0.29, 0.717) is 12.0 Å². The smallest absolute Gasteiger partial charge is 0.269 e. The molecular weight excluding hydrogens is 361 g/mol. The van der Waals surface area contributed by atoms with Crippen molar-refractivity contribution in [2.45, 2.75) is 24.7 Å². The number of nitrogens with zero attached hydrogens (tertiary/aromatic N) is 1. The molecule has 2 aromatic rings. The van der Waals surface area contributed by atoms with Crippen molar-refractivity contribution in [2.75, 3.05) is 12.4 Å². The van der Waals surface area contributed by atoms with E-state index >= 15 is 0 Å². The van der Waals surface area contributed by atoms with Crippen molar-refractivity contribution < 1.29 is 22.8 Å². The zero-order valence-corrected chi connectivity index (χ0v) is 15.1. The summed E-state index contributed by atoms with van der Waals surface area (Å²) in [5.41, 5.74) is 0.628. The summed E-state index contributed by atoms with van der Waals surface area (Å²) in [6.45, 7) is 1.53. The Morgan fingerprint density at radius 2 is 1.96 bits per heavy atom. The van der Waals surface area contributed by atoms with Gasteiger partial charge in [-0.2, -0.15) is 0 Å². The largest absolute Gasteiger partial charge is 0.396 e. The van der Waals surface area contributed by atoms with Crippen molar-refractivity contribution >= 4 is 15.5 Å². The highest BCUT2D eigenvalue weighted by Gasteiger charge is 2.23. The van der Waals surface area contributed by atoms with Gasteiger partial charge in [0, 0.05) is 18.7 Å². The Bertz CT molecular complexity index is 894. The first kappa shape index (κ1) is 20.0. The third-order valence-corrected chi connectivity index (χ3v) is 6.14. The summed E-state index contributed by atoms with van der Waals surface area (Å²) in [6.07, 6.45) is 0.543. The molecule has 0 aliphatic rings. The van der Waals surface area contributed by atoms with Crippen LogP contribution in [0.15, 0.2) is 47.4 Å². The van der Waals surface area contributed by atoms with Crippen LogP contribution < -0.4 is 0 Å². The molecule has 0 aromatic heterocycles. The van der Waals surface area contributed by atoms with E-state index in [1.807, 2.05) is 0 Å². The maximum Gasteiger partial charge on any atom is 0.269 e. The molecule has 140 valence electrons. The minimum atomic E-state index is -3.74. The van der Waals surface area contributed by atoms with E-state index in [0.717, 1.165) is 12.1 Å². The number of nitro benzene ring substituents is 1. The number of sulfone groups is 1. The molecule has 0 amide bonds. The molecule has 8 heteroatoms. The standard InChI is InChI=1S/C18H20FNO5S/c1-2-13(11-21)12-26(24,25)18-7-6-16(19)10-15(18)8-14-4-3-5-17(9-14)20(22)23/h3-7,9-10,13,21H,2,8,11-12H2,1H3. The first-order valence-corrected chi connectivity index (χ1v) is 9.77. The van der Waals surface area contributed by atoms with Gasteiger partial charge in [-0.3, -0.25) is 10.1 Å². The molecule has 6 nitrogen and oxygen atoms in total. The van der Waals surface area contributed by atoms with E-state index in [2.05, 4.69) is 0 Å². The summed E-state index contributed by atoms with van der Waals surface area (Å²) in [5, 5.41) is 20.2. The second-order valence-corrected chi connectivity index (χ2v) is 8.10. The van der Waals surface area contributed by atoms with E-state index in [-0.39, 0.29) is 34.9 Å². The normalized spacial score (nSPS) is 12.7. The molecule has 0 saturated carbocycles. The van der Waals surface area contributed by atoms with Crippen LogP contribution in [0.5, 0.6) is 0 Å². The van der Waals surface area contributed by atoms with Crippen molar-refractivity contribution in [3.8, 4) is 0 Å². The molecule has 0 fully saturated rings. The Morgan fingerprint density at radius 3 is 2.58 bits per heavy atom. The lowest BCUT2D eigenvalue weighted by Crippen LogP contribution is -2.20. The lowest BCUT2D eigenvalue weighted by Gasteiger charge is -2.15. The average Bonchev–Trinajstić information content (AvgIpc) is 2.59. The summed E-state index contributed by atoms with van der Waals surface area (Å²) >= 11 is 0. The van der Waals surface area contributed by atoms with Crippen LogP contribution >= 0.6 is 0 Å². The van der Waals surface area contributed by atoms with Crippen LogP contribution in [0.1, 0.15) is 24.5 Å². The summed E-state index contributed by atoms with van der Waals surface area (Å²) in [5.74, 6) is -1.23. The first-order chi connectivity index (χ1) is 12.3. The number of non-ortho nitro benzene ring substituents is 1. The number of hydrogen-bond donors (Lipinski definition) is 1. The van der Waals surface area contributed by atoms with Gasteiger partial charge in [0.15, 0.2) is 9.84 Å². The maximum absolute atomic E-state index is 13.7. The molecule has 0 heterocycles. The molecule has 2 rings (SSSR count). The fourth-order valence-corrected chi connectivity index (χ4v) is 4.64. The highest BCUT2D eigenvalue weighted by Crippen LogP contribution is 2.25. The average molecular weight is 381 g/mol. The molecule has 1 N–H and O–H groups in total. The van der Waals surface area contributed by atoms with Gasteiger partial charge in [-0.1, -0.05) is 25.5 Å². The minimum Gasteiger partial charge on any atom is -0.396 e. The number of halogens is 1. The number of aliphatic hydroxyl groups excluding tert-OH is 1. The Kier molecular flexibility index (Phi) is 6.44. The zero-order chi connectivity index (χ0) is 19.3. The Hall–Kier alpha value is -2.32. The predicted molar refractivity (Wildman–Crippen MR) is 95.2 cm³/mol. The van der Waals surface area contributed by atoms with E-state index in [1.165, 1.54) is 24.3 Å². The fourth-order valence-electron chi connectivity index (χ4n) is 2.69. The Morgan fingerprint density at radius 1 is 1.23 bits per heavy atom. The second kappa shape index (κ2) is 8.37. The van der Waals surface area contributed by atoms with Crippen LogP contribution in [0.2, 0.25) is 0 Å². The van der Waals surface area contributed by atoms with Crippen LogP contribution in [0, 0.1) is 21.8 Å². The highest BCUT2D eigenvalue weighted by atomic mass is 32.2. The van der Waals surface area contributed by atoms with Crippen LogP contribution in [-0.4, -0.2) is 30.8 Å². The van der Waals surface area contributed by atoms with Gasteiger partial charge in [-0.05, 0) is 41.7 Å². The van der Waals surface area contributed by atoms with Crippen LogP contribution in [0.4, 0.5) is 10.1 Å². The Labute approximate surface area is 151 Å². The molecule has 1 unspecified atom stereocenters. The lowest BCUT2D eigenvalue weighted by atomic mass is 10.0. The SMILES string of the molecule is CCC(CO)CS(=O)(=O)c1ccc(F)cc1Cc1cccc([N+](=O)[O-])c1. The molecule has 1 atom stereocenters. The zero-order valence-electron chi connectivity index (χ0n) is 14.3. The van der Waals surface area contributed by atoms with Crippen molar-refractivity contribution in [3.63, 3.8) is 0 Å².